The summed E-state index contributed by atoms with van der Waals surface area (Å²) in [4.78, 5) is 17.9. The molecule has 1 aromatic rings. The number of esters is 1. The molecule has 0 amide bonds. The van der Waals surface area contributed by atoms with Crippen LogP contribution in [0.15, 0.2) is 12.3 Å². The first kappa shape index (κ1) is 13.4. The van der Waals surface area contributed by atoms with Crippen LogP contribution in [0, 0.1) is 0 Å². The van der Waals surface area contributed by atoms with Crippen molar-refractivity contribution in [2.45, 2.75) is 25.8 Å². The molecule has 0 spiro atoms. The lowest BCUT2D eigenvalue weighted by Gasteiger charge is -2.24. The minimum atomic E-state index is -0.295. The van der Waals surface area contributed by atoms with Gasteiger partial charge in [0.2, 0.25) is 0 Å². The van der Waals surface area contributed by atoms with E-state index >= 15 is 0 Å². The molecule has 98 valence electrons. The van der Waals surface area contributed by atoms with Crippen molar-refractivity contribution >= 4 is 35.0 Å². The van der Waals surface area contributed by atoms with Crippen molar-refractivity contribution in [1.29, 1.82) is 0 Å². The molecule has 2 rings (SSSR count). The lowest BCUT2D eigenvalue weighted by molar-refractivity contribution is -0.144. The first-order valence-electron chi connectivity index (χ1n) is 5.87. The van der Waals surface area contributed by atoms with Gasteiger partial charge in [0.25, 0.3) is 0 Å². The summed E-state index contributed by atoms with van der Waals surface area (Å²) in [5, 5.41) is 0.939. The smallest absolute Gasteiger partial charge is 0.328 e. The maximum atomic E-state index is 11.8. The predicted octanol–water partition coefficient (Wildman–Crippen LogP) is 2.92. The average Bonchev–Trinajstić information content (AvgIpc) is 2.78. The number of hydrogen-bond donors (Lipinski definition) is 0. The van der Waals surface area contributed by atoms with Gasteiger partial charge in [-0.25, -0.2) is 9.78 Å². The van der Waals surface area contributed by atoms with Crippen molar-refractivity contribution in [3.8, 4) is 0 Å². The van der Waals surface area contributed by atoms with E-state index in [-0.39, 0.29) is 12.0 Å². The Morgan fingerprint density at radius 3 is 3.06 bits per heavy atom. The zero-order valence-electron chi connectivity index (χ0n) is 10.0. The van der Waals surface area contributed by atoms with E-state index in [0.717, 1.165) is 19.4 Å². The normalized spacial score (nSPS) is 19.1. The number of hydrogen-bond acceptors (Lipinski definition) is 4. The van der Waals surface area contributed by atoms with Crippen LogP contribution in [-0.2, 0) is 9.53 Å². The van der Waals surface area contributed by atoms with Crippen LogP contribution < -0.4 is 4.90 Å². The fourth-order valence-corrected chi connectivity index (χ4v) is 2.61. The lowest BCUT2D eigenvalue weighted by Crippen LogP contribution is -2.38. The summed E-state index contributed by atoms with van der Waals surface area (Å²) >= 11 is 11.9. The van der Waals surface area contributed by atoms with Gasteiger partial charge in [-0.1, -0.05) is 23.2 Å². The van der Waals surface area contributed by atoms with E-state index in [1.165, 1.54) is 6.20 Å². The molecule has 1 aliphatic rings. The van der Waals surface area contributed by atoms with Crippen molar-refractivity contribution in [2.24, 2.45) is 0 Å². The van der Waals surface area contributed by atoms with E-state index in [9.17, 15) is 4.79 Å². The van der Waals surface area contributed by atoms with E-state index in [2.05, 4.69) is 4.98 Å². The number of nitrogens with zero attached hydrogens (tertiary/aromatic N) is 2. The van der Waals surface area contributed by atoms with Crippen LogP contribution in [0.2, 0.25) is 10.0 Å². The first-order valence-corrected chi connectivity index (χ1v) is 6.63. The third kappa shape index (κ3) is 2.70. The van der Waals surface area contributed by atoms with Crippen LogP contribution in [0.3, 0.4) is 0 Å². The quantitative estimate of drug-likeness (QED) is 0.802. The Balaban J connectivity index is 2.23. The van der Waals surface area contributed by atoms with Gasteiger partial charge in [0.1, 0.15) is 11.9 Å². The highest BCUT2D eigenvalue weighted by molar-refractivity contribution is 6.36. The minimum absolute atomic E-state index is 0.220. The maximum Gasteiger partial charge on any atom is 0.328 e. The van der Waals surface area contributed by atoms with E-state index in [1.807, 2.05) is 4.90 Å². The van der Waals surface area contributed by atoms with Crippen LogP contribution >= 0.6 is 23.2 Å². The predicted molar refractivity (Wildman–Crippen MR) is 71.3 cm³/mol. The van der Waals surface area contributed by atoms with Crippen molar-refractivity contribution in [3.05, 3.63) is 22.3 Å². The van der Waals surface area contributed by atoms with Crippen molar-refractivity contribution in [2.75, 3.05) is 18.1 Å². The number of aromatic nitrogens is 1. The largest absolute Gasteiger partial charge is 0.464 e. The third-order valence-corrected chi connectivity index (χ3v) is 3.36. The van der Waals surface area contributed by atoms with E-state index in [1.54, 1.807) is 13.0 Å². The van der Waals surface area contributed by atoms with Gasteiger partial charge < -0.3 is 9.64 Å². The standard InChI is InChI=1S/C12H14Cl2N2O2/c1-2-18-12(17)10-4-3-5-16(10)11-9(14)6-8(13)7-15-11/h6-7,10H,2-5H2,1H3. The molecule has 18 heavy (non-hydrogen) atoms. The van der Waals surface area contributed by atoms with E-state index in [0.29, 0.717) is 22.5 Å². The molecule has 1 unspecified atom stereocenters. The molecule has 0 N–H and O–H groups in total. The highest BCUT2D eigenvalue weighted by Gasteiger charge is 2.33. The molecule has 1 fully saturated rings. The Labute approximate surface area is 116 Å². The minimum Gasteiger partial charge on any atom is -0.464 e. The summed E-state index contributed by atoms with van der Waals surface area (Å²) in [5.41, 5.74) is 0. The summed E-state index contributed by atoms with van der Waals surface area (Å²) in [6.45, 7) is 2.92. The molecule has 4 nitrogen and oxygen atoms in total. The van der Waals surface area contributed by atoms with Crippen LogP contribution in [0.5, 0.6) is 0 Å². The molecular formula is C12H14Cl2N2O2. The Morgan fingerprint density at radius 2 is 2.39 bits per heavy atom. The number of carbonyl (C=O) groups is 1. The van der Waals surface area contributed by atoms with Crippen molar-refractivity contribution in [3.63, 3.8) is 0 Å². The molecule has 2 heterocycles. The van der Waals surface area contributed by atoms with Gasteiger partial charge in [0.05, 0.1) is 16.7 Å². The molecule has 1 saturated heterocycles. The highest BCUT2D eigenvalue weighted by atomic mass is 35.5. The van der Waals surface area contributed by atoms with Crippen LogP contribution in [0.1, 0.15) is 19.8 Å². The molecule has 0 aromatic carbocycles. The fraction of sp³-hybridized carbons (Fsp3) is 0.500. The molecule has 0 aliphatic carbocycles. The summed E-state index contributed by atoms with van der Waals surface area (Å²) in [6.07, 6.45) is 3.22. The van der Waals surface area contributed by atoms with Gasteiger partial charge in [0, 0.05) is 12.7 Å². The second-order valence-corrected chi connectivity index (χ2v) is 4.91. The number of pyridine rings is 1. The van der Waals surface area contributed by atoms with Gasteiger partial charge in [0.15, 0.2) is 0 Å². The topological polar surface area (TPSA) is 42.4 Å². The van der Waals surface area contributed by atoms with E-state index < -0.39 is 0 Å². The Hall–Kier alpha value is -1.000. The SMILES string of the molecule is CCOC(=O)C1CCCN1c1ncc(Cl)cc1Cl. The zero-order chi connectivity index (χ0) is 13.1. The Bertz CT molecular complexity index is 454. The third-order valence-electron chi connectivity index (χ3n) is 2.87. The van der Waals surface area contributed by atoms with E-state index in [4.69, 9.17) is 27.9 Å². The maximum absolute atomic E-state index is 11.8. The summed E-state index contributed by atoms with van der Waals surface area (Å²) < 4.78 is 5.06. The van der Waals surface area contributed by atoms with Crippen LogP contribution in [0.25, 0.3) is 0 Å². The second-order valence-electron chi connectivity index (χ2n) is 4.06. The molecule has 6 heteroatoms. The molecule has 1 aliphatic heterocycles. The molecule has 1 aromatic heterocycles. The van der Waals surface area contributed by atoms with Gasteiger partial charge in [-0.2, -0.15) is 0 Å². The number of rotatable bonds is 3. The summed E-state index contributed by atoms with van der Waals surface area (Å²) in [7, 11) is 0. The van der Waals surface area contributed by atoms with Crippen molar-refractivity contribution < 1.29 is 9.53 Å². The fourth-order valence-electron chi connectivity index (χ4n) is 2.12. The number of ether oxygens (including phenoxy) is 1. The highest BCUT2D eigenvalue weighted by Crippen LogP contribution is 2.31. The molecule has 0 radical (unpaired) electrons. The van der Waals surface area contributed by atoms with Crippen LogP contribution in [0.4, 0.5) is 5.82 Å². The summed E-state index contributed by atoms with van der Waals surface area (Å²) in [6, 6.07) is 1.34. The summed E-state index contributed by atoms with van der Waals surface area (Å²) in [5.74, 6) is 0.374. The van der Waals surface area contributed by atoms with Gasteiger partial charge in [-0.05, 0) is 25.8 Å². The average molecular weight is 289 g/mol. The number of carbonyl (C=O) groups excluding carboxylic acids is 1. The van der Waals surface area contributed by atoms with Crippen molar-refractivity contribution in [1.82, 2.24) is 4.98 Å². The van der Waals surface area contributed by atoms with Crippen LogP contribution in [-0.4, -0.2) is 30.1 Å². The second kappa shape index (κ2) is 5.76. The van der Waals surface area contributed by atoms with Gasteiger partial charge >= 0.3 is 5.97 Å². The van der Waals surface area contributed by atoms with Gasteiger partial charge in [-0.15, -0.1) is 0 Å². The van der Waals surface area contributed by atoms with Gasteiger partial charge in [-0.3, -0.25) is 0 Å². The molecular weight excluding hydrogens is 275 g/mol. The molecule has 0 saturated carbocycles. The zero-order valence-corrected chi connectivity index (χ0v) is 11.5. The Morgan fingerprint density at radius 1 is 1.61 bits per heavy atom. The molecule has 1 atom stereocenters. The first-order chi connectivity index (χ1) is 8.63. The lowest BCUT2D eigenvalue weighted by atomic mass is 10.2. The monoisotopic (exact) mass is 288 g/mol. The number of anilines is 1. The molecule has 0 bridgehead atoms. The Kier molecular flexibility index (Phi) is 4.30. The number of halogens is 2.